The zero-order chi connectivity index (χ0) is 19.5. The first-order chi connectivity index (χ1) is 13.6. The van der Waals surface area contributed by atoms with Crippen molar-refractivity contribution in [3.05, 3.63) is 66.0 Å². The van der Waals surface area contributed by atoms with Crippen molar-refractivity contribution < 1.29 is 14.0 Å². The number of hydrogen-bond donors (Lipinski definition) is 0. The maximum atomic E-state index is 13.2. The first-order valence-electron chi connectivity index (χ1n) is 10.0. The van der Waals surface area contributed by atoms with Crippen molar-refractivity contribution in [3.8, 4) is 0 Å². The van der Waals surface area contributed by atoms with Gasteiger partial charge in [0.1, 0.15) is 5.82 Å². The molecule has 2 unspecified atom stereocenters. The monoisotopic (exact) mass is 380 g/mol. The van der Waals surface area contributed by atoms with E-state index in [4.69, 9.17) is 0 Å². The van der Waals surface area contributed by atoms with E-state index in [9.17, 15) is 14.0 Å². The van der Waals surface area contributed by atoms with E-state index >= 15 is 0 Å². The standard InChI is InChI=1S/C23H25FN2O2/c24-20-9-11-21(12-10-20)26-16-19(14-22(26)27)23(28)25-13-5-4-8-18(15-25)17-6-2-1-3-7-17/h1-3,6-7,9-12,18-19H,4-5,8,13-16H2. The molecule has 2 amide bonds. The molecule has 4 nitrogen and oxygen atoms in total. The normalized spacial score (nSPS) is 23.0. The minimum absolute atomic E-state index is 0.0700. The lowest BCUT2D eigenvalue weighted by molar-refractivity contribution is -0.135. The molecular formula is C23H25FN2O2. The van der Waals surface area contributed by atoms with Gasteiger partial charge in [-0.1, -0.05) is 36.8 Å². The molecule has 0 N–H and O–H groups in total. The Morgan fingerprint density at radius 2 is 1.71 bits per heavy atom. The zero-order valence-corrected chi connectivity index (χ0v) is 15.9. The molecule has 4 rings (SSSR count). The molecule has 0 aliphatic carbocycles. The number of benzene rings is 2. The van der Waals surface area contributed by atoms with Gasteiger partial charge in [0.25, 0.3) is 0 Å². The van der Waals surface area contributed by atoms with E-state index in [0.29, 0.717) is 24.7 Å². The fourth-order valence-corrected chi connectivity index (χ4v) is 4.34. The van der Waals surface area contributed by atoms with Crippen molar-refractivity contribution in [1.82, 2.24) is 4.90 Å². The quantitative estimate of drug-likeness (QED) is 0.808. The number of carbonyl (C=O) groups excluding carboxylic acids is 2. The van der Waals surface area contributed by atoms with E-state index in [0.717, 1.165) is 25.8 Å². The maximum absolute atomic E-state index is 13.2. The lowest BCUT2D eigenvalue weighted by Gasteiger charge is -2.27. The molecule has 2 fully saturated rings. The SMILES string of the molecule is O=C(C1CC(=O)N(c2ccc(F)cc2)C1)N1CCCCC(c2ccccc2)C1. The minimum Gasteiger partial charge on any atom is -0.342 e. The van der Waals surface area contributed by atoms with Crippen molar-refractivity contribution in [3.63, 3.8) is 0 Å². The van der Waals surface area contributed by atoms with Crippen molar-refractivity contribution in [2.45, 2.75) is 31.6 Å². The van der Waals surface area contributed by atoms with Crippen LogP contribution in [0, 0.1) is 11.7 Å². The summed E-state index contributed by atoms with van der Waals surface area (Å²) in [6, 6.07) is 16.2. The van der Waals surface area contributed by atoms with Crippen molar-refractivity contribution in [2.24, 2.45) is 5.92 Å². The second-order valence-electron chi connectivity index (χ2n) is 7.77. The number of amides is 2. The second kappa shape index (κ2) is 8.13. The number of likely N-dealkylation sites (tertiary alicyclic amines) is 1. The van der Waals surface area contributed by atoms with Gasteiger partial charge in [0, 0.05) is 37.7 Å². The smallest absolute Gasteiger partial charge is 0.228 e. The Morgan fingerprint density at radius 3 is 2.46 bits per heavy atom. The summed E-state index contributed by atoms with van der Waals surface area (Å²) in [7, 11) is 0. The number of hydrogen-bond acceptors (Lipinski definition) is 2. The molecule has 0 radical (unpaired) electrons. The van der Waals surface area contributed by atoms with Crippen LogP contribution in [-0.4, -0.2) is 36.3 Å². The molecule has 2 atom stereocenters. The molecule has 2 aliphatic heterocycles. The molecule has 2 heterocycles. The maximum Gasteiger partial charge on any atom is 0.228 e. The topological polar surface area (TPSA) is 40.6 Å². The molecule has 28 heavy (non-hydrogen) atoms. The summed E-state index contributed by atoms with van der Waals surface area (Å²) in [4.78, 5) is 29.2. The third kappa shape index (κ3) is 3.93. The third-order valence-corrected chi connectivity index (χ3v) is 5.87. The summed E-state index contributed by atoms with van der Waals surface area (Å²) in [5.74, 6) is -0.315. The summed E-state index contributed by atoms with van der Waals surface area (Å²) in [6.45, 7) is 1.84. The van der Waals surface area contributed by atoms with Gasteiger partial charge in [-0.15, -0.1) is 0 Å². The Bertz CT molecular complexity index is 837. The average molecular weight is 380 g/mol. The van der Waals surface area contributed by atoms with Crippen molar-refractivity contribution in [2.75, 3.05) is 24.5 Å². The van der Waals surface area contributed by atoms with Crippen LogP contribution < -0.4 is 4.90 Å². The van der Waals surface area contributed by atoms with Crippen LogP contribution in [0.2, 0.25) is 0 Å². The van der Waals surface area contributed by atoms with E-state index in [1.807, 2.05) is 23.1 Å². The van der Waals surface area contributed by atoms with E-state index in [2.05, 4.69) is 12.1 Å². The molecule has 5 heteroatoms. The highest BCUT2D eigenvalue weighted by molar-refractivity contribution is 6.00. The van der Waals surface area contributed by atoms with E-state index in [1.54, 1.807) is 17.0 Å². The van der Waals surface area contributed by atoms with Crippen LogP contribution in [0.3, 0.4) is 0 Å². The first-order valence-corrected chi connectivity index (χ1v) is 10.0. The van der Waals surface area contributed by atoms with Gasteiger partial charge in [-0.25, -0.2) is 4.39 Å². The predicted octanol–water partition coefficient (Wildman–Crippen LogP) is 3.97. The Morgan fingerprint density at radius 1 is 0.964 bits per heavy atom. The Labute approximate surface area is 164 Å². The average Bonchev–Trinajstić information content (AvgIpc) is 2.95. The summed E-state index contributed by atoms with van der Waals surface area (Å²) >= 11 is 0. The Hall–Kier alpha value is -2.69. The number of nitrogens with zero attached hydrogens (tertiary/aromatic N) is 2. The highest BCUT2D eigenvalue weighted by atomic mass is 19.1. The van der Waals surface area contributed by atoms with Gasteiger partial charge < -0.3 is 9.80 Å². The van der Waals surface area contributed by atoms with Crippen molar-refractivity contribution in [1.29, 1.82) is 0 Å². The van der Waals surface area contributed by atoms with Gasteiger partial charge in [-0.05, 0) is 42.7 Å². The van der Waals surface area contributed by atoms with Gasteiger partial charge in [0.05, 0.1) is 5.92 Å². The Kier molecular flexibility index (Phi) is 5.42. The molecule has 0 spiro atoms. The van der Waals surface area contributed by atoms with Gasteiger partial charge >= 0.3 is 0 Å². The van der Waals surface area contributed by atoms with Crippen LogP contribution in [0.5, 0.6) is 0 Å². The van der Waals surface area contributed by atoms with Gasteiger partial charge in [0.2, 0.25) is 11.8 Å². The molecule has 2 aromatic carbocycles. The predicted molar refractivity (Wildman–Crippen MR) is 106 cm³/mol. The molecule has 146 valence electrons. The highest BCUT2D eigenvalue weighted by Crippen LogP contribution is 2.30. The van der Waals surface area contributed by atoms with Gasteiger partial charge in [0.15, 0.2) is 0 Å². The summed E-state index contributed by atoms with van der Waals surface area (Å²) in [5, 5.41) is 0. The van der Waals surface area contributed by atoms with E-state index in [1.165, 1.54) is 17.7 Å². The van der Waals surface area contributed by atoms with Crippen LogP contribution in [0.4, 0.5) is 10.1 Å². The minimum atomic E-state index is -0.334. The summed E-state index contributed by atoms with van der Waals surface area (Å²) < 4.78 is 13.2. The number of anilines is 1. The summed E-state index contributed by atoms with van der Waals surface area (Å²) in [5.41, 5.74) is 1.93. The molecule has 0 bridgehead atoms. The van der Waals surface area contributed by atoms with E-state index in [-0.39, 0.29) is 30.0 Å². The number of carbonyl (C=O) groups is 2. The molecule has 2 saturated heterocycles. The largest absolute Gasteiger partial charge is 0.342 e. The van der Waals surface area contributed by atoms with Gasteiger partial charge in [-0.2, -0.15) is 0 Å². The fourth-order valence-electron chi connectivity index (χ4n) is 4.34. The lowest BCUT2D eigenvalue weighted by Crippen LogP contribution is -2.39. The van der Waals surface area contributed by atoms with Crippen LogP contribution >= 0.6 is 0 Å². The first kappa shape index (κ1) is 18.7. The van der Waals surface area contributed by atoms with Crippen molar-refractivity contribution >= 4 is 17.5 Å². The number of halogens is 1. The zero-order valence-electron chi connectivity index (χ0n) is 15.9. The molecule has 0 saturated carbocycles. The second-order valence-corrected chi connectivity index (χ2v) is 7.77. The van der Waals surface area contributed by atoms with Gasteiger partial charge in [-0.3, -0.25) is 9.59 Å². The lowest BCUT2D eigenvalue weighted by atomic mass is 9.94. The highest BCUT2D eigenvalue weighted by Gasteiger charge is 2.38. The molecular weight excluding hydrogens is 355 g/mol. The third-order valence-electron chi connectivity index (χ3n) is 5.87. The Balaban J connectivity index is 1.46. The molecule has 2 aromatic rings. The molecule has 2 aliphatic rings. The van der Waals surface area contributed by atoms with Crippen LogP contribution in [0.1, 0.15) is 37.2 Å². The molecule has 0 aromatic heterocycles. The van der Waals surface area contributed by atoms with Crippen LogP contribution in [0.25, 0.3) is 0 Å². The summed E-state index contributed by atoms with van der Waals surface area (Å²) in [6.07, 6.45) is 3.41. The fraction of sp³-hybridized carbons (Fsp3) is 0.391. The van der Waals surface area contributed by atoms with Crippen LogP contribution in [0.15, 0.2) is 54.6 Å². The van der Waals surface area contributed by atoms with Crippen LogP contribution in [-0.2, 0) is 9.59 Å². The number of rotatable bonds is 3. The van der Waals surface area contributed by atoms with E-state index < -0.39 is 0 Å².